The number of allylic oxidation sites excluding steroid dienone is 1. The second kappa shape index (κ2) is 11.7. The quantitative estimate of drug-likeness (QED) is 0.179. The zero-order valence-corrected chi connectivity index (χ0v) is 28.6. The fourth-order valence-corrected chi connectivity index (χ4v) is 8.04. The van der Waals surface area contributed by atoms with Crippen LogP contribution in [0.15, 0.2) is 151 Å². The van der Waals surface area contributed by atoms with Gasteiger partial charge < -0.3 is 9.80 Å². The Hall–Kier alpha value is -6.36. The molecule has 2 aliphatic rings. The molecule has 0 aliphatic carbocycles. The molecule has 4 heteroatoms. The van der Waals surface area contributed by atoms with Gasteiger partial charge in [-0.2, -0.15) is 10.5 Å². The second-order valence-corrected chi connectivity index (χ2v) is 14.1. The maximum atomic E-state index is 10.1. The van der Waals surface area contributed by atoms with E-state index in [0.717, 1.165) is 45.3 Å². The number of benzene rings is 6. The molecule has 4 nitrogen and oxygen atoms in total. The van der Waals surface area contributed by atoms with E-state index in [1.807, 2.05) is 24.3 Å². The third kappa shape index (κ3) is 4.65. The van der Waals surface area contributed by atoms with Gasteiger partial charge in [0.1, 0.15) is 17.7 Å². The summed E-state index contributed by atoms with van der Waals surface area (Å²) in [5, 5.41) is 20.2. The zero-order valence-electron chi connectivity index (χ0n) is 28.6. The van der Waals surface area contributed by atoms with E-state index in [9.17, 15) is 10.5 Å². The molecule has 0 saturated heterocycles. The topological polar surface area (TPSA) is 54.1 Å². The molecule has 6 aromatic rings. The highest BCUT2D eigenvalue weighted by Gasteiger charge is 2.37. The second-order valence-electron chi connectivity index (χ2n) is 14.1. The fraction of sp³-hybridized carbons (Fsp3) is 0.130. The minimum Gasteiger partial charge on any atom is -0.310 e. The van der Waals surface area contributed by atoms with Gasteiger partial charge in [0.25, 0.3) is 0 Å². The summed E-state index contributed by atoms with van der Waals surface area (Å²) in [4.78, 5) is 4.62. The average molecular weight is 645 g/mol. The van der Waals surface area contributed by atoms with Crippen molar-refractivity contribution in [1.82, 2.24) is 0 Å². The maximum absolute atomic E-state index is 10.1. The Morgan fingerprint density at radius 3 is 0.980 bits per heavy atom. The van der Waals surface area contributed by atoms with Crippen LogP contribution in [-0.4, -0.2) is 0 Å². The van der Waals surface area contributed by atoms with Gasteiger partial charge in [0.2, 0.25) is 0 Å². The number of nitrogens with zero attached hydrogens (tertiary/aromatic N) is 4. The van der Waals surface area contributed by atoms with E-state index in [4.69, 9.17) is 0 Å². The van der Waals surface area contributed by atoms with Gasteiger partial charge in [0, 0.05) is 27.8 Å². The summed E-state index contributed by atoms with van der Waals surface area (Å²) in [6.07, 6.45) is 0. The van der Waals surface area contributed by atoms with Crippen LogP contribution in [0, 0.1) is 22.7 Å². The van der Waals surface area contributed by atoms with E-state index in [1.165, 1.54) is 22.3 Å². The maximum Gasteiger partial charge on any atom is 0.138 e. The van der Waals surface area contributed by atoms with Crippen molar-refractivity contribution in [1.29, 1.82) is 10.5 Å². The van der Waals surface area contributed by atoms with E-state index in [2.05, 4.69) is 171 Å². The molecule has 0 atom stereocenters. The van der Waals surface area contributed by atoms with E-state index in [1.54, 1.807) is 0 Å². The number of fused-ring (bicyclic) bond motifs is 4. The number of nitriles is 2. The van der Waals surface area contributed by atoms with Crippen LogP contribution in [0.25, 0.3) is 5.57 Å². The van der Waals surface area contributed by atoms with Crippen LogP contribution >= 0.6 is 0 Å². The molecule has 2 heterocycles. The predicted octanol–water partition coefficient (Wildman–Crippen LogP) is 11.8. The SMILES string of the molecule is CC1(C)c2ccccc2N(c2ccc(C(=C(C#N)C#N)c3ccc(N4c5ccccc5C(C)(C)c5ccccc54)cc3)cc2)c2ccccc21. The minimum absolute atomic E-state index is 0.0799. The summed E-state index contributed by atoms with van der Waals surface area (Å²) >= 11 is 0. The molecule has 0 radical (unpaired) electrons. The molecule has 0 fully saturated rings. The molecule has 0 N–H and O–H groups in total. The lowest BCUT2D eigenvalue weighted by molar-refractivity contribution is 0.632. The highest BCUT2D eigenvalue weighted by molar-refractivity contribution is 5.91. The van der Waals surface area contributed by atoms with Crippen molar-refractivity contribution in [3.8, 4) is 12.1 Å². The molecule has 0 saturated carbocycles. The van der Waals surface area contributed by atoms with E-state index in [-0.39, 0.29) is 16.4 Å². The molecule has 0 spiro atoms. The predicted molar refractivity (Wildman–Crippen MR) is 204 cm³/mol. The first kappa shape index (κ1) is 30.9. The zero-order chi connectivity index (χ0) is 34.6. The summed E-state index contributed by atoms with van der Waals surface area (Å²) in [5.41, 5.74) is 13.7. The lowest BCUT2D eigenvalue weighted by Gasteiger charge is -2.42. The molecule has 50 heavy (non-hydrogen) atoms. The third-order valence-corrected chi connectivity index (χ3v) is 10.6. The van der Waals surface area contributed by atoms with Crippen molar-refractivity contribution in [2.75, 3.05) is 9.80 Å². The van der Waals surface area contributed by atoms with Gasteiger partial charge in [0.15, 0.2) is 0 Å². The number of anilines is 6. The van der Waals surface area contributed by atoms with Crippen LogP contribution in [-0.2, 0) is 10.8 Å². The molecule has 240 valence electrons. The first-order valence-electron chi connectivity index (χ1n) is 17.0. The summed E-state index contributed by atoms with van der Waals surface area (Å²) in [7, 11) is 0. The number of hydrogen-bond donors (Lipinski definition) is 0. The van der Waals surface area contributed by atoms with Gasteiger partial charge >= 0.3 is 0 Å². The summed E-state index contributed by atoms with van der Waals surface area (Å²) < 4.78 is 0. The molecular weight excluding hydrogens is 609 g/mol. The Morgan fingerprint density at radius 2 is 0.700 bits per heavy atom. The fourth-order valence-electron chi connectivity index (χ4n) is 8.04. The Balaban J connectivity index is 1.20. The normalized spacial score (nSPS) is 14.6. The number of rotatable bonds is 4. The lowest BCUT2D eigenvalue weighted by atomic mass is 9.73. The Kier molecular flexibility index (Phi) is 7.21. The van der Waals surface area contributed by atoms with Gasteiger partial charge in [-0.15, -0.1) is 0 Å². The van der Waals surface area contributed by atoms with Gasteiger partial charge in [-0.25, -0.2) is 0 Å². The van der Waals surface area contributed by atoms with E-state index >= 15 is 0 Å². The molecule has 8 rings (SSSR count). The minimum atomic E-state index is -0.144. The Bertz CT molecular complexity index is 2130. The molecule has 2 aliphatic heterocycles. The molecule has 0 bridgehead atoms. The van der Waals surface area contributed by atoms with Crippen molar-refractivity contribution in [3.05, 3.63) is 185 Å². The Morgan fingerprint density at radius 1 is 0.420 bits per heavy atom. The monoisotopic (exact) mass is 644 g/mol. The Labute approximate surface area is 294 Å². The van der Waals surface area contributed by atoms with E-state index < -0.39 is 0 Å². The average Bonchev–Trinajstić information content (AvgIpc) is 3.15. The molecule has 0 aromatic heterocycles. The summed E-state index contributed by atoms with van der Waals surface area (Å²) in [6, 6.07) is 55.1. The van der Waals surface area contributed by atoms with Crippen molar-refractivity contribution < 1.29 is 0 Å². The smallest absolute Gasteiger partial charge is 0.138 e. The van der Waals surface area contributed by atoms with Crippen LogP contribution in [0.1, 0.15) is 61.1 Å². The van der Waals surface area contributed by atoms with Crippen molar-refractivity contribution in [3.63, 3.8) is 0 Å². The van der Waals surface area contributed by atoms with Crippen LogP contribution in [0.2, 0.25) is 0 Å². The van der Waals surface area contributed by atoms with Gasteiger partial charge in [-0.05, 0) is 81.9 Å². The highest BCUT2D eigenvalue weighted by atomic mass is 15.2. The van der Waals surface area contributed by atoms with Crippen LogP contribution < -0.4 is 9.80 Å². The van der Waals surface area contributed by atoms with Crippen LogP contribution in [0.3, 0.4) is 0 Å². The lowest BCUT2D eigenvalue weighted by Crippen LogP contribution is -2.30. The van der Waals surface area contributed by atoms with Crippen LogP contribution in [0.5, 0.6) is 0 Å². The first-order chi connectivity index (χ1) is 24.3. The number of hydrogen-bond acceptors (Lipinski definition) is 4. The largest absolute Gasteiger partial charge is 0.310 e. The van der Waals surface area contributed by atoms with Crippen LogP contribution in [0.4, 0.5) is 34.1 Å². The molecular formula is C46H36N4. The standard InChI is InChI=1S/C46H36N4/c1-45(2)36-13-5-9-17-40(36)49(41-18-10-6-14-37(41)45)34-25-21-31(22-26-34)44(33(29-47)30-48)32-23-27-35(28-24-32)50-42-19-11-7-15-38(42)46(3,4)39-16-8-12-20-43(39)50/h5-28H,1-4H3. The molecule has 6 aromatic carbocycles. The van der Waals surface area contributed by atoms with Gasteiger partial charge in [-0.3, -0.25) is 0 Å². The van der Waals surface area contributed by atoms with Gasteiger partial charge in [-0.1, -0.05) is 125 Å². The van der Waals surface area contributed by atoms with Crippen molar-refractivity contribution in [2.45, 2.75) is 38.5 Å². The van der Waals surface area contributed by atoms with E-state index in [0.29, 0.717) is 5.57 Å². The molecule has 0 amide bonds. The number of para-hydroxylation sites is 4. The summed E-state index contributed by atoms with van der Waals surface area (Å²) in [5.74, 6) is 0. The molecule has 0 unspecified atom stereocenters. The summed E-state index contributed by atoms with van der Waals surface area (Å²) in [6.45, 7) is 9.12. The van der Waals surface area contributed by atoms with Gasteiger partial charge in [0.05, 0.1) is 22.7 Å². The first-order valence-corrected chi connectivity index (χ1v) is 17.0. The third-order valence-electron chi connectivity index (χ3n) is 10.6. The highest BCUT2D eigenvalue weighted by Crippen LogP contribution is 2.53. The van der Waals surface area contributed by atoms with Crippen molar-refractivity contribution in [2.24, 2.45) is 0 Å². The van der Waals surface area contributed by atoms with Crippen molar-refractivity contribution >= 4 is 39.7 Å².